The van der Waals surface area contributed by atoms with Crippen LogP contribution in [0.1, 0.15) is 5.56 Å². The SMILES string of the molecule is Cc1ccc2c3ccccc3c3ccc(I)nc3c2c1. The van der Waals surface area contributed by atoms with E-state index in [9.17, 15) is 0 Å². The first-order valence-electron chi connectivity index (χ1n) is 6.61. The van der Waals surface area contributed by atoms with Crippen LogP contribution in [-0.4, -0.2) is 4.98 Å². The van der Waals surface area contributed by atoms with E-state index in [0.29, 0.717) is 0 Å². The number of rotatable bonds is 0. The number of aryl methyl sites for hydroxylation is 1. The summed E-state index contributed by atoms with van der Waals surface area (Å²) in [5.74, 6) is 0. The predicted octanol–water partition coefficient (Wildman–Crippen LogP) is 5.45. The van der Waals surface area contributed by atoms with E-state index in [1.165, 1.54) is 32.5 Å². The Balaban J connectivity index is 2.41. The van der Waals surface area contributed by atoms with Crippen molar-refractivity contribution < 1.29 is 0 Å². The van der Waals surface area contributed by atoms with Gasteiger partial charge in [0.05, 0.1) is 5.52 Å². The Morgan fingerprint density at radius 3 is 2.20 bits per heavy atom. The van der Waals surface area contributed by atoms with Crippen molar-refractivity contribution in [2.45, 2.75) is 6.92 Å². The normalized spacial score (nSPS) is 11.5. The largest absolute Gasteiger partial charge is 0.241 e. The van der Waals surface area contributed by atoms with Crippen LogP contribution >= 0.6 is 22.6 Å². The molecule has 3 aromatic carbocycles. The molecule has 0 fully saturated rings. The number of hydrogen-bond acceptors (Lipinski definition) is 1. The van der Waals surface area contributed by atoms with Crippen LogP contribution in [0.4, 0.5) is 0 Å². The second kappa shape index (κ2) is 4.42. The zero-order valence-corrected chi connectivity index (χ0v) is 13.2. The van der Waals surface area contributed by atoms with Crippen molar-refractivity contribution >= 4 is 55.0 Å². The van der Waals surface area contributed by atoms with Crippen molar-refractivity contribution in [2.75, 3.05) is 0 Å². The van der Waals surface area contributed by atoms with Crippen LogP contribution < -0.4 is 0 Å². The Kier molecular flexibility index (Phi) is 2.67. The lowest BCUT2D eigenvalue weighted by atomic mass is 9.96. The maximum absolute atomic E-state index is 4.78. The first kappa shape index (κ1) is 12.1. The van der Waals surface area contributed by atoms with Gasteiger partial charge in [-0.05, 0) is 63.9 Å². The lowest BCUT2D eigenvalue weighted by Gasteiger charge is -2.10. The first-order chi connectivity index (χ1) is 9.74. The molecule has 0 amide bonds. The minimum Gasteiger partial charge on any atom is -0.241 e. The molecule has 0 saturated heterocycles. The van der Waals surface area contributed by atoms with Gasteiger partial charge in [-0.25, -0.2) is 4.98 Å². The maximum atomic E-state index is 4.78. The van der Waals surface area contributed by atoms with E-state index in [4.69, 9.17) is 4.98 Å². The molecule has 1 heterocycles. The topological polar surface area (TPSA) is 12.9 Å². The smallest absolute Gasteiger partial charge is 0.102 e. The Labute approximate surface area is 130 Å². The molecule has 0 spiro atoms. The highest BCUT2D eigenvalue weighted by atomic mass is 127. The van der Waals surface area contributed by atoms with Gasteiger partial charge in [-0.3, -0.25) is 0 Å². The van der Waals surface area contributed by atoms with Gasteiger partial charge in [0.1, 0.15) is 3.70 Å². The molecule has 96 valence electrons. The summed E-state index contributed by atoms with van der Waals surface area (Å²) in [5, 5.41) is 6.35. The van der Waals surface area contributed by atoms with Gasteiger partial charge in [-0.15, -0.1) is 0 Å². The molecular formula is C18H12IN. The molecule has 0 atom stereocenters. The predicted molar refractivity (Wildman–Crippen MR) is 94.2 cm³/mol. The first-order valence-corrected chi connectivity index (χ1v) is 7.69. The lowest BCUT2D eigenvalue weighted by Crippen LogP contribution is -1.88. The Morgan fingerprint density at radius 1 is 0.750 bits per heavy atom. The monoisotopic (exact) mass is 369 g/mol. The molecule has 0 aliphatic heterocycles. The van der Waals surface area contributed by atoms with E-state index in [0.717, 1.165) is 9.22 Å². The van der Waals surface area contributed by atoms with Crippen LogP contribution in [0.2, 0.25) is 0 Å². The van der Waals surface area contributed by atoms with Crippen LogP contribution in [0.3, 0.4) is 0 Å². The fourth-order valence-electron chi connectivity index (χ4n) is 2.90. The Bertz CT molecular complexity index is 893. The summed E-state index contributed by atoms with van der Waals surface area (Å²) in [6.45, 7) is 2.13. The summed E-state index contributed by atoms with van der Waals surface area (Å²) >= 11 is 2.28. The van der Waals surface area contributed by atoms with E-state index in [2.05, 4.69) is 84.1 Å². The molecule has 0 N–H and O–H groups in total. The molecule has 0 aliphatic carbocycles. The zero-order valence-electron chi connectivity index (χ0n) is 11.0. The van der Waals surface area contributed by atoms with Gasteiger partial charge in [-0.2, -0.15) is 0 Å². The number of nitrogens with zero attached hydrogens (tertiary/aromatic N) is 1. The molecule has 4 aromatic rings. The highest BCUT2D eigenvalue weighted by Gasteiger charge is 2.09. The zero-order chi connectivity index (χ0) is 13.7. The Morgan fingerprint density at radius 2 is 1.40 bits per heavy atom. The fraction of sp³-hybridized carbons (Fsp3) is 0.0556. The average Bonchev–Trinajstić information content (AvgIpc) is 2.47. The molecule has 0 unspecified atom stereocenters. The van der Waals surface area contributed by atoms with Gasteiger partial charge in [0.2, 0.25) is 0 Å². The van der Waals surface area contributed by atoms with Crippen molar-refractivity contribution in [3.8, 4) is 0 Å². The molecule has 0 bridgehead atoms. The lowest BCUT2D eigenvalue weighted by molar-refractivity contribution is 1.36. The van der Waals surface area contributed by atoms with E-state index in [-0.39, 0.29) is 0 Å². The van der Waals surface area contributed by atoms with E-state index in [1.54, 1.807) is 0 Å². The number of pyridine rings is 1. The van der Waals surface area contributed by atoms with Crippen molar-refractivity contribution in [1.82, 2.24) is 4.98 Å². The standard InChI is InChI=1S/C18H12IN/c1-11-6-7-14-12-4-2-3-5-13(12)15-8-9-17(19)20-18(15)16(14)10-11/h2-10H,1H3. The van der Waals surface area contributed by atoms with Crippen LogP contribution in [-0.2, 0) is 0 Å². The van der Waals surface area contributed by atoms with Crippen molar-refractivity contribution in [2.24, 2.45) is 0 Å². The minimum absolute atomic E-state index is 1.04. The highest BCUT2D eigenvalue weighted by Crippen LogP contribution is 2.34. The number of benzene rings is 3. The second-order valence-corrected chi connectivity index (χ2v) is 6.23. The average molecular weight is 369 g/mol. The molecule has 1 nitrogen and oxygen atoms in total. The molecule has 20 heavy (non-hydrogen) atoms. The molecule has 0 aliphatic rings. The van der Waals surface area contributed by atoms with Gasteiger partial charge in [0.15, 0.2) is 0 Å². The summed E-state index contributed by atoms with van der Waals surface area (Å²) in [5.41, 5.74) is 2.38. The number of halogens is 1. The fourth-order valence-corrected chi connectivity index (χ4v) is 3.32. The molecule has 0 saturated carbocycles. The molecule has 0 radical (unpaired) electrons. The summed E-state index contributed by atoms with van der Waals surface area (Å²) in [6, 6.07) is 19.5. The van der Waals surface area contributed by atoms with Crippen molar-refractivity contribution in [3.05, 3.63) is 63.9 Å². The van der Waals surface area contributed by atoms with E-state index >= 15 is 0 Å². The van der Waals surface area contributed by atoms with Gasteiger partial charge in [0, 0.05) is 10.8 Å². The third kappa shape index (κ3) is 1.71. The third-order valence-electron chi connectivity index (χ3n) is 3.80. The highest BCUT2D eigenvalue weighted by molar-refractivity contribution is 14.1. The van der Waals surface area contributed by atoms with E-state index in [1.807, 2.05) is 0 Å². The number of hydrogen-bond donors (Lipinski definition) is 0. The van der Waals surface area contributed by atoms with Gasteiger partial charge in [0.25, 0.3) is 0 Å². The van der Waals surface area contributed by atoms with Crippen LogP contribution in [0, 0.1) is 10.6 Å². The van der Waals surface area contributed by atoms with Crippen molar-refractivity contribution in [3.63, 3.8) is 0 Å². The molecule has 2 heteroatoms. The maximum Gasteiger partial charge on any atom is 0.102 e. The summed E-state index contributed by atoms with van der Waals surface area (Å²) in [7, 11) is 0. The minimum atomic E-state index is 1.04. The summed E-state index contributed by atoms with van der Waals surface area (Å²) < 4.78 is 1.04. The van der Waals surface area contributed by atoms with Gasteiger partial charge < -0.3 is 0 Å². The van der Waals surface area contributed by atoms with Crippen LogP contribution in [0.5, 0.6) is 0 Å². The van der Waals surface area contributed by atoms with Crippen LogP contribution in [0.25, 0.3) is 32.4 Å². The number of aromatic nitrogens is 1. The Hall–Kier alpha value is -1.68. The van der Waals surface area contributed by atoms with Gasteiger partial charge in [-0.1, -0.05) is 42.0 Å². The summed E-state index contributed by atoms with van der Waals surface area (Å²) in [4.78, 5) is 4.78. The number of fused-ring (bicyclic) bond motifs is 6. The third-order valence-corrected chi connectivity index (χ3v) is 4.40. The van der Waals surface area contributed by atoms with Crippen LogP contribution in [0.15, 0.2) is 54.6 Å². The van der Waals surface area contributed by atoms with E-state index < -0.39 is 0 Å². The summed E-state index contributed by atoms with van der Waals surface area (Å²) in [6.07, 6.45) is 0. The van der Waals surface area contributed by atoms with Gasteiger partial charge >= 0.3 is 0 Å². The molecule has 4 rings (SSSR count). The van der Waals surface area contributed by atoms with Crippen molar-refractivity contribution in [1.29, 1.82) is 0 Å². The molecular weight excluding hydrogens is 357 g/mol. The quantitative estimate of drug-likeness (QED) is 0.228. The second-order valence-electron chi connectivity index (χ2n) is 5.12. The molecule has 1 aromatic heterocycles.